The molecule has 5 aromatic rings. The Bertz CT molecular complexity index is 1540. The summed E-state index contributed by atoms with van der Waals surface area (Å²) in [5, 5.41) is 2.95. The largest absolute Gasteiger partial charge is 0.391 e. The first-order valence-corrected chi connectivity index (χ1v) is 10.2. The number of halogens is 4. The van der Waals surface area contributed by atoms with Crippen LogP contribution in [0.5, 0.6) is 0 Å². The highest BCUT2D eigenvalue weighted by Gasteiger charge is 2.36. The van der Waals surface area contributed by atoms with Gasteiger partial charge in [-0.3, -0.25) is 9.36 Å². The highest BCUT2D eigenvalue weighted by atomic mass is 19.4. The third kappa shape index (κ3) is 3.96. The summed E-state index contributed by atoms with van der Waals surface area (Å²) in [7, 11) is 0. The van der Waals surface area contributed by atoms with Crippen molar-refractivity contribution in [3.8, 4) is 5.69 Å². The lowest BCUT2D eigenvalue weighted by atomic mass is 10.1. The second-order valence-electron chi connectivity index (χ2n) is 7.56. The van der Waals surface area contributed by atoms with Crippen LogP contribution in [0.15, 0.2) is 71.9 Å². The number of fused-ring (bicyclic) bond motifs is 2. The van der Waals surface area contributed by atoms with Crippen LogP contribution in [0.4, 0.5) is 23.4 Å². The van der Waals surface area contributed by atoms with Gasteiger partial charge < -0.3 is 10.3 Å². The van der Waals surface area contributed by atoms with Gasteiger partial charge in [-0.1, -0.05) is 24.3 Å². The Morgan fingerprint density at radius 3 is 2.59 bits per heavy atom. The first-order chi connectivity index (χ1) is 16.3. The minimum Gasteiger partial charge on any atom is -0.359 e. The fraction of sp³-hybridized carbons (Fsp3) is 0.130. The predicted molar refractivity (Wildman–Crippen MR) is 118 cm³/mol. The third-order valence-electron chi connectivity index (χ3n) is 5.30. The van der Waals surface area contributed by atoms with Crippen molar-refractivity contribution in [2.75, 3.05) is 5.32 Å². The van der Waals surface area contributed by atoms with Crippen molar-refractivity contribution in [2.24, 2.45) is 0 Å². The zero-order chi connectivity index (χ0) is 23.9. The van der Waals surface area contributed by atoms with Gasteiger partial charge in [-0.2, -0.15) is 13.2 Å². The van der Waals surface area contributed by atoms with Gasteiger partial charge in [-0.05, 0) is 30.3 Å². The van der Waals surface area contributed by atoms with E-state index in [0.29, 0.717) is 11.0 Å². The normalized spacial score (nSPS) is 12.8. The fourth-order valence-electron chi connectivity index (χ4n) is 3.86. The number of hydrogen-bond donors (Lipinski definition) is 2. The Kier molecular flexibility index (Phi) is 5.23. The molecule has 0 saturated carbocycles. The number of benzene rings is 2. The average molecular weight is 468 g/mol. The van der Waals surface area contributed by atoms with Gasteiger partial charge >= 0.3 is 6.18 Å². The number of rotatable bonds is 5. The van der Waals surface area contributed by atoms with Crippen LogP contribution in [0.25, 0.3) is 27.6 Å². The summed E-state index contributed by atoms with van der Waals surface area (Å²) in [6, 6.07) is 12.0. The van der Waals surface area contributed by atoms with Gasteiger partial charge in [0.1, 0.15) is 34.8 Å². The number of anilines is 1. The molecule has 0 aliphatic heterocycles. The Morgan fingerprint density at radius 2 is 1.82 bits per heavy atom. The highest BCUT2D eigenvalue weighted by Crippen LogP contribution is 2.33. The lowest BCUT2D eigenvalue weighted by Gasteiger charge is -2.24. The van der Waals surface area contributed by atoms with Crippen molar-refractivity contribution in [1.29, 1.82) is 0 Å². The molecule has 2 N–H and O–H groups in total. The molecule has 3 heterocycles. The van der Waals surface area contributed by atoms with E-state index in [-0.39, 0.29) is 28.2 Å². The lowest BCUT2D eigenvalue weighted by Crippen LogP contribution is -2.31. The lowest BCUT2D eigenvalue weighted by molar-refractivity contribution is -0.137. The van der Waals surface area contributed by atoms with E-state index in [1.807, 2.05) is 0 Å². The van der Waals surface area contributed by atoms with Gasteiger partial charge in [0.05, 0.1) is 29.1 Å². The molecule has 0 aliphatic carbocycles. The van der Waals surface area contributed by atoms with E-state index in [2.05, 4.69) is 25.3 Å². The van der Waals surface area contributed by atoms with Gasteiger partial charge in [0, 0.05) is 6.20 Å². The van der Waals surface area contributed by atoms with Crippen LogP contribution in [0.1, 0.15) is 18.3 Å². The zero-order valence-electron chi connectivity index (χ0n) is 17.3. The summed E-state index contributed by atoms with van der Waals surface area (Å²) in [4.78, 5) is 28.7. The molecule has 172 valence electrons. The summed E-state index contributed by atoms with van der Waals surface area (Å²) in [5.41, 5.74) is -0.177. The molecule has 7 nitrogen and oxygen atoms in total. The van der Waals surface area contributed by atoms with Crippen LogP contribution >= 0.6 is 0 Å². The summed E-state index contributed by atoms with van der Waals surface area (Å²) in [6.07, 6.45) is -3.18. The van der Waals surface area contributed by atoms with Crippen molar-refractivity contribution in [2.45, 2.75) is 18.6 Å². The molecule has 1 atom stereocenters. The summed E-state index contributed by atoms with van der Waals surface area (Å²) in [5.74, 6) is -0.904. The van der Waals surface area contributed by atoms with Crippen LogP contribution < -0.4 is 10.9 Å². The second-order valence-corrected chi connectivity index (χ2v) is 7.56. The van der Waals surface area contributed by atoms with Gasteiger partial charge in [-0.25, -0.2) is 19.3 Å². The summed E-state index contributed by atoms with van der Waals surface area (Å²) < 4.78 is 56.7. The fourth-order valence-corrected chi connectivity index (χ4v) is 3.86. The van der Waals surface area contributed by atoms with Gasteiger partial charge in [0.25, 0.3) is 5.56 Å². The molecule has 3 aromatic heterocycles. The van der Waals surface area contributed by atoms with E-state index in [0.717, 1.165) is 10.6 Å². The Morgan fingerprint density at radius 1 is 1.03 bits per heavy atom. The number of para-hydroxylation sites is 1. The minimum absolute atomic E-state index is 0.0457. The van der Waals surface area contributed by atoms with E-state index < -0.39 is 30.0 Å². The molecular formula is C23H16F4N6O. The smallest absolute Gasteiger partial charge is 0.359 e. The first-order valence-electron chi connectivity index (χ1n) is 10.2. The van der Waals surface area contributed by atoms with Crippen molar-refractivity contribution in [3.05, 3.63) is 89.1 Å². The van der Waals surface area contributed by atoms with Gasteiger partial charge in [0.15, 0.2) is 0 Å². The number of hydrogen-bond acceptors (Lipinski definition) is 5. The van der Waals surface area contributed by atoms with Gasteiger partial charge in [0.2, 0.25) is 0 Å². The maximum Gasteiger partial charge on any atom is 0.391 e. The molecule has 0 spiro atoms. The van der Waals surface area contributed by atoms with Crippen molar-refractivity contribution < 1.29 is 17.6 Å². The summed E-state index contributed by atoms with van der Waals surface area (Å²) in [6.45, 7) is 0. The van der Waals surface area contributed by atoms with Crippen LogP contribution in [-0.2, 0) is 0 Å². The molecule has 2 aromatic carbocycles. The monoisotopic (exact) mass is 468 g/mol. The van der Waals surface area contributed by atoms with Crippen LogP contribution in [0.3, 0.4) is 0 Å². The SMILES string of the molecule is O=c1c2c(F)cccc2nc([C@H](CC(F)(F)F)Nc2ncnc3[nH]ccc23)n1-c1ccccc1. The van der Waals surface area contributed by atoms with Crippen molar-refractivity contribution in [3.63, 3.8) is 0 Å². The Hall–Kier alpha value is -4.28. The van der Waals surface area contributed by atoms with Crippen LogP contribution in [0.2, 0.25) is 0 Å². The van der Waals surface area contributed by atoms with Crippen LogP contribution in [0, 0.1) is 5.82 Å². The number of alkyl halides is 3. The molecular weight excluding hydrogens is 452 g/mol. The molecule has 34 heavy (non-hydrogen) atoms. The molecule has 0 radical (unpaired) electrons. The molecule has 0 fully saturated rings. The quantitative estimate of drug-likeness (QED) is 0.358. The maximum absolute atomic E-state index is 14.6. The van der Waals surface area contributed by atoms with Crippen molar-refractivity contribution in [1.82, 2.24) is 24.5 Å². The Balaban J connectivity index is 1.77. The third-order valence-corrected chi connectivity index (χ3v) is 5.30. The number of aromatic nitrogens is 5. The van der Waals surface area contributed by atoms with Crippen LogP contribution in [-0.4, -0.2) is 30.7 Å². The molecule has 0 amide bonds. The van der Waals surface area contributed by atoms with Gasteiger partial charge in [-0.15, -0.1) is 0 Å². The molecule has 5 rings (SSSR count). The van der Waals surface area contributed by atoms with E-state index in [9.17, 15) is 22.4 Å². The van der Waals surface area contributed by atoms with E-state index in [4.69, 9.17) is 0 Å². The van der Waals surface area contributed by atoms with E-state index in [1.54, 1.807) is 42.6 Å². The van der Waals surface area contributed by atoms with E-state index >= 15 is 0 Å². The zero-order valence-corrected chi connectivity index (χ0v) is 17.3. The number of aromatic amines is 1. The standard InChI is InChI=1S/C23H16F4N6O/c24-15-7-4-8-16-18(15)22(34)33(13-5-2-1-3-6-13)21(32-16)17(11-23(25,26)27)31-20-14-9-10-28-19(14)29-12-30-20/h1-10,12,17H,11H2,(H2,28,29,30,31)/t17-/m0/s1. The van der Waals surface area contributed by atoms with E-state index in [1.165, 1.54) is 18.5 Å². The number of H-pyrrole nitrogens is 1. The molecule has 0 saturated heterocycles. The molecule has 0 aliphatic rings. The summed E-state index contributed by atoms with van der Waals surface area (Å²) >= 11 is 0. The number of nitrogens with one attached hydrogen (secondary N) is 2. The minimum atomic E-state index is -4.61. The second kappa shape index (κ2) is 8.25. The first kappa shape index (κ1) is 21.6. The maximum atomic E-state index is 14.6. The van der Waals surface area contributed by atoms with Crippen molar-refractivity contribution >= 4 is 27.8 Å². The Labute approximate surface area is 189 Å². The molecule has 0 bridgehead atoms. The molecule has 11 heteroatoms. The molecule has 0 unspecified atom stereocenters. The number of nitrogens with zero attached hydrogens (tertiary/aromatic N) is 4. The average Bonchev–Trinajstić information content (AvgIpc) is 3.28. The topological polar surface area (TPSA) is 88.5 Å². The predicted octanol–water partition coefficient (Wildman–Crippen LogP) is 4.90. The highest BCUT2D eigenvalue weighted by molar-refractivity contribution is 5.87.